The van der Waals surface area contributed by atoms with E-state index in [1.165, 1.54) is 0 Å². The van der Waals surface area contributed by atoms with Crippen LogP contribution in [0.3, 0.4) is 0 Å². The molecule has 0 amide bonds. The standard InChI is InChI=1S/C13H22N4O/c1-3-17-7-8-18-11(10-17)9-15-13-6-4-5-12(14-2)16-13/h4-6,11H,3,7-10H2,1-2H3,(H2,14,15,16). The predicted octanol–water partition coefficient (Wildman–Crippen LogP) is 1.26. The molecule has 0 saturated carbocycles. The van der Waals surface area contributed by atoms with Gasteiger partial charge in [-0.15, -0.1) is 0 Å². The normalized spacial score (nSPS) is 20.7. The minimum atomic E-state index is 0.249. The maximum absolute atomic E-state index is 5.74. The second-order valence-electron chi connectivity index (χ2n) is 4.42. The van der Waals surface area contributed by atoms with Crippen LogP contribution in [0.2, 0.25) is 0 Å². The van der Waals surface area contributed by atoms with Crippen molar-refractivity contribution in [2.24, 2.45) is 0 Å². The van der Waals surface area contributed by atoms with E-state index in [0.717, 1.165) is 44.4 Å². The molecule has 2 rings (SSSR count). The zero-order valence-electron chi connectivity index (χ0n) is 11.1. The van der Waals surface area contributed by atoms with Crippen LogP contribution in [0, 0.1) is 0 Å². The Kier molecular flexibility index (Phi) is 4.78. The van der Waals surface area contributed by atoms with Crippen LogP contribution in [0.25, 0.3) is 0 Å². The van der Waals surface area contributed by atoms with E-state index in [1.54, 1.807) is 0 Å². The van der Waals surface area contributed by atoms with Crippen LogP contribution in [-0.4, -0.2) is 55.8 Å². The quantitative estimate of drug-likeness (QED) is 0.824. The maximum Gasteiger partial charge on any atom is 0.128 e. The Morgan fingerprint density at radius 1 is 1.44 bits per heavy atom. The van der Waals surface area contributed by atoms with Crippen molar-refractivity contribution in [1.82, 2.24) is 9.88 Å². The summed E-state index contributed by atoms with van der Waals surface area (Å²) in [5.74, 6) is 1.76. The van der Waals surface area contributed by atoms with E-state index in [0.29, 0.717) is 0 Å². The molecule has 1 aliphatic heterocycles. The van der Waals surface area contributed by atoms with Crippen LogP contribution >= 0.6 is 0 Å². The van der Waals surface area contributed by atoms with Crippen LogP contribution in [-0.2, 0) is 4.74 Å². The number of nitrogens with one attached hydrogen (secondary N) is 2. The zero-order valence-corrected chi connectivity index (χ0v) is 11.1. The first-order chi connectivity index (χ1) is 8.81. The number of morpholine rings is 1. The Labute approximate surface area is 109 Å². The van der Waals surface area contributed by atoms with Crippen molar-refractivity contribution in [2.75, 3.05) is 50.5 Å². The Balaban J connectivity index is 1.83. The smallest absolute Gasteiger partial charge is 0.128 e. The largest absolute Gasteiger partial charge is 0.374 e. The number of nitrogens with zero attached hydrogens (tertiary/aromatic N) is 2. The van der Waals surface area contributed by atoms with Crippen LogP contribution < -0.4 is 10.6 Å². The lowest BCUT2D eigenvalue weighted by Crippen LogP contribution is -2.45. The number of aromatic nitrogens is 1. The highest BCUT2D eigenvalue weighted by molar-refractivity contribution is 5.44. The number of likely N-dealkylation sites (N-methyl/N-ethyl adjacent to an activating group) is 1. The van der Waals surface area contributed by atoms with Gasteiger partial charge in [-0.25, -0.2) is 4.98 Å². The summed E-state index contributed by atoms with van der Waals surface area (Å²) in [4.78, 5) is 6.83. The highest BCUT2D eigenvalue weighted by atomic mass is 16.5. The molecule has 1 fully saturated rings. The predicted molar refractivity (Wildman–Crippen MR) is 74.1 cm³/mol. The molecule has 0 bridgehead atoms. The van der Waals surface area contributed by atoms with Gasteiger partial charge in [-0.2, -0.15) is 0 Å². The Bertz CT molecular complexity index is 372. The van der Waals surface area contributed by atoms with Gasteiger partial charge in [0.2, 0.25) is 0 Å². The average Bonchev–Trinajstić information content (AvgIpc) is 2.45. The molecule has 5 nitrogen and oxygen atoms in total. The van der Waals surface area contributed by atoms with Crippen molar-refractivity contribution in [3.05, 3.63) is 18.2 Å². The molecule has 18 heavy (non-hydrogen) atoms. The van der Waals surface area contributed by atoms with Gasteiger partial charge < -0.3 is 15.4 Å². The van der Waals surface area contributed by atoms with E-state index in [-0.39, 0.29) is 6.10 Å². The second-order valence-corrected chi connectivity index (χ2v) is 4.42. The lowest BCUT2D eigenvalue weighted by molar-refractivity contribution is -0.0192. The van der Waals surface area contributed by atoms with Gasteiger partial charge in [-0.1, -0.05) is 13.0 Å². The molecule has 1 saturated heterocycles. The molecular formula is C13H22N4O. The molecule has 2 N–H and O–H groups in total. The third-order valence-electron chi connectivity index (χ3n) is 3.19. The Hall–Kier alpha value is -1.33. The number of ether oxygens (including phenoxy) is 1. The third kappa shape index (κ3) is 3.58. The molecule has 1 unspecified atom stereocenters. The molecule has 1 aromatic rings. The van der Waals surface area contributed by atoms with Gasteiger partial charge in [-0.3, -0.25) is 4.90 Å². The minimum absolute atomic E-state index is 0.249. The molecule has 0 spiro atoms. The van der Waals surface area contributed by atoms with Crippen molar-refractivity contribution in [3.8, 4) is 0 Å². The summed E-state index contributed by atoms with van der Waals surface area (Å²) in [6.07, 6.45) is 0.249. The van der Waals surface area contributed by atoms with Crippen LogP contribution in [0.5, 0.6) is 0 Å². The molecule has 1 aromatic heterocycles. The van der Waals surface area contributed by atoms with Crippen LogP contribution in [0.1, 0.15) is 6.92 Å². The van der Waals surface area contributed by atoms with Crippen molar-refractivity contribution in [3.63, 3.8) is 0 Å². The molecule has 5 heteroatoms. The third-order valence-corrected chi connectivity index (χ3v) is 3.19. The zero-order chi connectivity index (χ0) is 12.8. The van der Waals surface area contributed by atoms with Crippen molar-refractivity contribution in [1.29, 1.82) is 0 Å². The first-order valence-electron chi connectivity index (χ1n) is 6.54. The second kappa shape index (κ2) is 6.56. The first kappa shape index (κ1) is 13.1. The fraction of sp³-hybridized carbons (Fsp3) is 0.615. The number of anilines is 2. The highest BCUT2D eigenvalue weighted by Crippen LogP contribution is 2.10. The fourth-order valence-electron chi connectivity index (χ4n) is 2.08. The van der Waals surface area contributed by atoms with Crippen molar-refractivity contribution >= 4 is 11.6 Å². The van der Waals surface area contributed by atoms with Gasteiger partial charge in [0.1, 0.15) is 11.6 Å². The molecular weight excluding hydrogens is 228 g/mol. The van der Waals surface area contributed by atoms with Crippen LogP contribution in [0.15, 0.2) is 18.2 Å². The maximum atomic E-state index is 5.74. The molecule has 2 heterocycles. The van der Waals surface area contributed by atoms with Gasteiger partial charge in [-0.05, 0) is 18.7 Å². The number of pyridine rings is 1. The molecule has 0 aromatic carbocycles. The molecule has 100 valence electrons. The summed E-state index contributed by atoms with van der Waals surface area (Å²) in [5, 5.41) is 6.36. The molecule has 1 aliphatic rings. The number of rotatable bonds is 5. The van der Waals surface area contributed by atoms with E-state index in [9.17, 15) is 0 Å². The summed E-state index contributed by atoms with van der Waals surface area (Å²) < 4.78 is 5.74. The lowest BCUT2D eigenvalue weighted by atomic mass is 10.2. The van der Waals surface area contributed by atoms with E-state index in [2.05, 4.69) is 27.4 Å². The highest BCUT2D eigenvalue weighted by Gasteiger charge is 2.18. The monoisotopic (exact) mass is 250 g/mol. The first-order valence-corrected chi connectivity index (χ1v) is 6.54. The van der Waals surface area contributed by atoms with E-state index >= 15 is 0 Å². The number of hydrogen-bond donors (Lipinski definition) is 2. The summed E-state index contributed by atoms with van der Waals surface area (Å²) in [7, 11) is 1.87. The topological polar surface area (TPSA) is 49.4 Å². The lowest BCUT2D eigenvalue weighted by Gasteiger charge is -2.32. The fourth-order valence-corrected chi connectivity index (χ4v) is 2.08. The van der Waals surface area contributed by atoms with Gasteiger partial charge in [0.15, 0.2) is 0 Å². The summed E-state index contributed by atoms with van der Waals surface area (Å²) in [6.45, 7) is 6.94. The van der Waals surface area contributed by atoms with E-state index < -0.39 is 0 Å². The van der Waals surface area contributed by atoms with Crippen molar-refractivity contribution < 1.29 is 4.74 Å². The van der Waals surface area contributed by atoms with E-state index in [4.69, 9.17) is 4.74 Å². The minimum Gasteiger partial charge on any atom is -0.374 e. The van der Waals surface area contributed by atoms with Crippen LogP contribution in [0.4, 0.5) is 11.6 Å². The Morgan fingerprint density at radius 3 is 3.06 bits per heavy atom. The molecule has 1 atom stereocenters. The molecule has 0 radical (unpaired) electrons. The van der Waals surface area contributed by atoms with Gasteiger partial charge in [0.05, 0.1) is 12.7 Å². The average molecular weight is 250 g/mol. The molecule has 0 aliphatic carbocycles. The summed E-state index contributed by atoms with van der Waals surface area (Å²) in [6, 6.07) is 5.91. The Morgan fingerprint density at radius 2 is 2.28 bits per heavy atom. The van der Waals surface area contributed by atoms with E-state index in [1.807, 2.05) is 25.2 Å². The van der Waals surface area contributed by atoms with Gasteiger partial charge in [0, 0.05) is 26.7 Å². The summed E-state index contributed by atoms with van der Waals surface area (Å²) >= 11 is 0. The van der Waals surface area contributed by atoms with Gasteiger partial charge in [0.25, 0.3) is 0 Å². The van der Waals surface area contributed by atoms with Gasteiger partial charge >= 0.3 is 0 Å². The van der Waals surface area contributed by atoms with Crippen molar-refractivity contribution in [2.45, 2.75) is 13.0 Å². The number of hydrogen-bond acceptors (Lipinski definition) is 5. The summed E-state index contributed by atoms with van der Waals surface area (Å²) in [5.41, 5.74) is 0. The SMILES string of the molecule is CCN1CCOC(CNc2cccc(NC)n2)C1.